The molecule has 1 fully saturated rings. The number of benzene rings is 2. The topological polar surface area (TPSA) is 75.7 Å². The molecule has 10 heteroatoms. The minimum atomic E-state index is -4.52. The smallest absolute Gasteiger partial charge is 0.416 e. The Hall–Kier alpha value is -2.59. The third-order valence-corrected chi connectivity index (χ3v) is 7.16. The van der Waals surface area contributed by atoms with Gasteiger partial charge in [-0.1, -0.05) is 6.07 Å². The number of anilines is 1. The van der Waals surface area contributed by atoms with Gasteiger partial charge in [-0.25, -0.2) is 8.42 Å². The van der Waals surface area contributed by atoms with Crippen molar-refractivity contribution in [1.29, 1.82) is 0 Å². The fourth-order valence-corrected chi connectivity index (χ4v) is 5.25. The number of piperidine rings is 1. The van der Waals surface area contributed by atoms with Crippen LogP contribution in [0, 0.1) is 12.8 Å². The first kappa shape index (κ1) is 24.1. The Kier molecular flexibility index (Phi) is 7.14. The highest BCUT2D eigenvalue weighted by atomic mass is 32.2. The van der Waals surface area contributed by atoms with Crippen LogP contribution in [0.4, 0.5) is 18.9 Å². The van der Waals surface area contributed by atoms with E-state index in [0.717, 1.165) is 12.1 Å². The molecule has 1 amide bonds. The van der Waals surface area contributed by atoms with Gasteiger partial charge in [0.25, 0.3) is 0 Å². The molecule has 32 heavy (non-hydrogen) atoms. The molecule has 2 aromatic rings. The van der Waals surface area contributed by atoms with Crippen LogP contribution in [0.25, 0.3) is 0 Å². The maximum Gasteiger partial charge on any atom is 0.416 e. The zero-order valence-corrected chi connectivity index (χ0v) is 18.6. The number of sulfonamides is 1. The summed E-state index contributed by atoms with van der Waals surface area (Å²) in [6.07, 6.45) is -3.61. The number of aryl methyl sites for hydroxylation is 1. The van der Waals surface area contributed by atoms with E-state index in [4.69, 9.17) is 4.74 Å². The number of amides is 1. The molecule has 1 saturated heterocycles. The number of halogens is 3. The van der Waals surface area contributed by atoms with Crippen molar-refractivity contribution >= 4 is 21.6 Å². The Morgan fingerprint density at radius 3 is 2.62 bits per heavy atom. The van der Waals surface area contributed by atoms with Crippen molar-refractivity contribution in [3.05, 3.63) is 53.6 Å². The summed E-state index contributed by atoms with van der Waals surface area (Å²) in [5, 5.41) is 2.49. The Morgan fingerprint density at radius 1 is 1.22 bits per heavy atom. The van der Waals surface area contributed by atoms with Gasteiger partial charge in [-0.05, 0) is 68.7 Å². The molecule has 1 aliphatic heterocycles. The molecule has 0 bridgehead atoms. The van der Waals surface area contributed by atoms with Crippen LogP contribution in [0.15, 0.2) is 47.4 Å². The second-order valence-corrected chi connectivity index (χ2v) is 9.57. The van der Waals surface area contributed by atoms with Crippen LogP contribution >= 0.6 is 0 Å². The second-order valence-electron chi connectivity index (χ2n) is 7.63. The molecule has 0 radical (unpaired) electrons. The van der Waals surface area contributed by atoms with Gasteiger partial charge < -0.3 is 10.1 Å². The highest BCUT2D eigenvalue weighted by molar-refractivity contribution is 7.89. The van der Waals surface area contributed by atoms with Gasteiger partial charge in [-0.3, -0.25) is 4.79 Å². The minimum absolute atomic E-state index is 0.0203. The van der Waals surface area contributed by atoms with Gasteiger partial charge in [0.15, 0.2) is 0 Å². The minimum Gasteiger partial charge on any atom is -0.494 e. The van der Waals surface area contributed by atoms with Crippen LogP contribution in [0.2, 0.25) is 0 Å². The van der Waals surface area contributed by atoms with Crippen LogP contribution in [0.5, 0.6) is 5.75 Å². The van der Waals surface area contributed by atoms with Crippen molar-refractivity contribution in [1.82, 2.24) is 4.31 Å². The second kappa shape index (κ2) is 9.50. The van der Waals surface area contributed by atoms with E-state index < -0.39 is 33.6 Å². The van der Waals surface area contributed by atoms with Crippen molar-refractivity contribution < 1.29 is 31.1 Å². The first-order valence-corrected chi connectivity index (χ1v) is 11.7. The van der Waals surface area contributed by atoms with Gasteiger partial charge in [-0.2, -0.15) is 17.5 Å². The zero-order chi connectivity index (χ0) is 23.5. The molecule has 0 aromatic heterocycles. The summed E-state index contributed by atoms with van der Waals surface area (Å²) in [5.41, 5.74) is -0.162. The predicted molar refractivity (Wildman–Crippen MR) is 114 cm³/mol. The van der Waals surface area contributed by atoms with E-state index in [1.807, 2.05) is 6.92 Å². The zero-order valence-electron chi connectivity index (χ0n) is 17.8. The molecule has 1 atom stereocenters. The fourth-order valence-electron chi connectivity index (χ4n) is 3.64. The van der Waals surface area contributed by atoms with Gasteiger partial charge in [0, 0.05) is 18.8 Å². The molecule has 0 unspecified atom stereocenters. The van der Waals surface area contributed by atoms with Crippen molar-refractivity contribution in [2.75, 3.05) is 25.0 Å². The summed E-state index contributed by atoms with van der Waals surface area (Å²) in [5.74, 6) is -0.576. The average Bonchev–Trinajstić information content (AvgIpc) is 2.75. The number of nitrogens with zero attached hydrogens (tertiary/aromatic N) is 1. The number of rotatable bonds is 6. The van der Waals surface area contributed by atoms with Gasteiger partial charge in [0.05, 0.1) is 23.0 Å². The summed E-state index contributed by atoms with van der Waals surface area (Å²) >= 11 is 0. The Bertz CT molecular complexity index is 1090. The van der Waals surface area contributed by atoms with Crippen LogP contribution in [0.1, 0.15) is 30.9 Å². The molecule has 6 nitrogen and oxygen atoms in total. The van der Waals surface area contributed by atoms with Crippen LogP contribution in [0.3, 0.4) is 0 Å². The maximum atomic E-state index is 13.1. The lowest BCUT2D eigenvalue weighted by Gasteiger charge is -2.31. The van der Waals surface area contributed by atoms with Gasteiger partial charge in [0.1, 0.15) is 5.75 Å². The summed E-state index contributed by atoms with van der Waals surface area (Å²) in [6, 6.07) is 8.97. The largest absolute Gasteiger partial charge is 0.494 e. The van der Waals surface area contributed by atoms with Gasteiger partial charge >= 0.3 is 6.18 Å². The quantitative estimate of drug-likeness (QED) is 0.677. The van der Waals surface area contributed by atoms with Gasteiger partial charge in [-0.15, -0.1) is 0 Å². The molecule has 174 valence electrons. The first-order valence-electron chi connectivity index (χ1n) is 10.2. The van der Waals surface area contributed by atoms with E-state index in [0.29, 0.717) is 30.8 Å². The van der Waals surface area contributed by atoms with E-state index in [9.17, 15) is 26.4 Å². The Labute approximate surface area is 185 Å². The van der Waals surface area contributed by atoms with Crippen molar-refractivity contribution in [2.24, 2.45) is 5.92 Å². The third kappa shape index (κ3) is 5.42. The number of hydrogen-bond donors (Lipinski definition) is 1. The van der Waals surface area contributed by atoms with Crippen molar-refractivity contribution in [3.8, 4) is 5.75 Å². The number of hydrogen-bond acceptors (Lipinski definition) is 4. The maximum absolute atomic E-state index is 13.1. The molecular weight excluding hydrogens is 445 g/mol. The summed E-state index contributed by atoms with van der Waals surface area (Å²) in [6.45, 7) is 4.27. The SMILES string of the molecule is CCOc1ccc(S(=O)(=O)N2CCC[C@H](C(=O)Nc3cccc(C(F)(F)F)c3)C2)cc1C. The number of alkyl halides is 3. The van der Waals surface area contributed by atoms with Crippen LogP contribution in [-0.4, -0.2) is 38.3 Å². The van der Waals surface area contributed by atoms with E-state index in [1.54, 1.807) is 13.0 Å². The average molecular weight is 471 g/mol. The van der Waals surface area contributed by atoms with Crippen LogP contribution < -0.4 is 10.1 Å². The van der Waals surface area contributed by atoms with Crippen LogP contribution in [-0.2, 0) is 21.0 Å². The molecule has 3 rings (SSSR count). The van der Waals surface area contributed by atoms with Crippen molar-refractivity contribution in [3.63, 3.8) is 0 Å². The van der Waals surface area contributed by atoms with E-state index >= 15 is 0 Å². The number of nitrogens with one attached hydrogen (secondary N) is 1. The highest BCUT2D eigenvalue weighted by Gasteiger charge is 2.34. The van der Waals surface area contributed by atoms with E-state index in [1.165, 1.54) is 28.6 Å². The summed E-state index contributed by atoms with van der Waals surface area (Å²) in [4.78, 5) is 12.8. The molecule has 0 spiro atoms. The summed E-state index contributed by atoms with van der Waals surface area (Å²) in [7, 11) is -3.83. The predicted octanol–water partition coefficient (Wildman–Crippen LogP) is 4.45. The molecule has 2 aromatic carbocycles. The monoisotopic (exact) mass is 470 g/mol. The lowest BCUT2D eigenvalue weighted by Crippen LogP contribution is -2.43. The molecule has 1 aliphatic rings. The Balaban J connectivity index is 1.73. The number of carbonyl (C=O) groups excluding carboxylic acids is 1. The molecule has 0 saturated carbocycles. The van der Waals surface area contributed by atoms with Crippen molar-refractivity contribution in [2.45, 2.75) is 37.8 Å². The normalized spacial score (nSPS) is 17.7. The molecule has 1 N–H and O–H groups in total. The number of ether oxygens (including phenoxy) is 1. The highest BCUT2D eigenvalue weighted by Crippen LogP contribution is 2.31. The molecule has 0 aliphatic carbocycles. The Morgan fingerprint density at radius 2 is 1.97 bits per heavy atom. The lowest BCUT2D eigenvalue weighted by atomic mass is 9.98. The van der Waals surface area contributed by atoms with E-state index in [2.05, 4.69) is 5.32 Å². The fraction of sp³-hybridized carbons (Fsp3) is 0.409. The first-order chi connectivity index (χ1) is 15.0. The lowest BCUT2D eigenvalue weighted by molar-refractivity contribution is -0.137. The molecular formula is C22H25F3N2O4S. The molecule has 1 heterocycles. The number of carbonyl (C=O) groups is 1. The standard InChI is InChI=1S/C22H25F3N2O4S/c1-3-31-20-10-9-19(12-15(20)2)32(29,30)27-11-5-6-16(14-27)21(28)26-18-8-4-7-17(13-18)22(23,24)25/h4,7-10,12-13,16H,3,5-6,11,14H2,1-2H3,(H,26,28)/t16-/m0/s1. The van der Waals surface area contributed by atoms with Gasteiger partial charge in [0.2, 0.25) is 15.9 Å². The summed E-state index contributed by atoms with van der Waals surface area (Å²) < 4.78 is 71.7. The van der Waals surface area contributed by atoms with E-state index in [-0.39, 0.29) is 23.7 Å². The third-order valence-electron chi connectivity index (χ3n) is 5.30.